The van der Waals surface area contributed by atoms with Gasteiger partial charge in [-0.05, 0) is 37.5 Å². The van der Waals surface area contributed by atoms with Crippen LogP contribution in [0.1, 0.15) is 19.3 Å². The normalized spacial score (nSPS) is 14.5. The van der Waals surface area contributed by atoms with Gasteiger partial charge >= 0.3 is 5.69 Å². The maximum atomic E-state index is 11.6. The van der Waals surface area contributed by atoms with Gasteiger partial charge in [0, 0.05) is 28.8 Å². The first-order chi connectivity index (χ1) is 11.5. The van der Waals surface area contributed by atoms with Crippen LogP contribution in [0.15, 0.2) is 24.5 Å². The number of hydrogen-bond donors (Lipinski definition) is 1. The second kappa shape index (κ2) is 7.19. The van der Waals surface area contributed by atoms with Crippen molar-refractivity contribution in [2.45, 2.75) is 19.3 Å². The highest BCUT2D eigenvalue weighted by molar-refractivity contribution is 6.35. The fourth-order valence-corrected chi connectivity index (χ4v) is 3.25. The Kier molecular flexibility index (Phi) is 5.01. The molecule has 126 valence electrons. The van der Waals surface area contributed by atoms with E-state index in [1.54, 1.807) is 18.2 Å². The van der Waals surface area contributed by atoms with Crippen LogP contribution < -0.4 is 10.2 Å². The molecule has 2 heterocycles. The highest BCUT2D eigenvalue weighted by atomic mass is 35.5. The van der Waals surface area contributed by atoms with Gasteiger partial charge in [0.15, 0.2) is 0 Å². The number of nitrogens with one attached hydrogen (secondary N) is 1. The van der Waals surface area contributed by atoms with E-state index in [0.29, 0.717) is 21.6 Å². The summed E-state index contributed by atoms with van der Waals surface area (Å²) in [7, 11) is 0. The van der Waals surface area contributed by atoms with Crippen molar-refractivity contribution in [1.82, 2.24) is 9.97 Å². The molecular weight excluding hydrogens is 353 g/mol. The van der Waals surface area contributed by atoms with Crippen LogP contribution in [0, 0.1) is 10.1 Å². The van der Waals surface area contributed by atoms with Crippen LogP contribution in [-0.4, -0.2) is 28.0 Å². The molecule has 0 amide bonds. The number of hydrogen-bond acceptors (Lipinski definition) is 6. The van der Waals surface area contributed by atoms with Gasteiger partial charge in [-0.2, -0.15) is 0 Å². The van der Waals surface area contributed by atoms with Gasteiger partial charge in [-0.3, -0.25) is 10.1 Å². The third kappa shape index (κ3) is 3.68. The predicted molar refractivity (Wildman–Crippen MR) is 94.5 cm³/mol. The minimum Gasteiger partial charge on any atom is -0.351 e. The molecule has 0 unspecified atom stereocenters. The maximum Gasteiger partial charge on any atom is 0.353 e. The molecule has 2 aromatic rings. The van der Waals surface area contributed by atoms with E-state index >= 15 is 0 Å². The number of halogens is 2. The summed E-state index contributed by atoms with van der Waals surface area (Å²) in [5.41, 5.74) is 0.384. The Morgan fingerprint density at radius 2 is 1.75 bits per heavy atom. The lowest BCUT2D eigenvalue weighted by molar-refractivity contribution is -0.383. The van der Waals surface area contributed by atoms with Gasteiger partial charge in [0.25, 0.3) is 0 Å². The summed E-state index contributed by atoms with van der Waals surface area (Å²) in [6, 6.07) is 4.83. The number of nitrogens with zero attached hydrogens (tertiary/aromatic N) is 4. The SMILES string of the molecule is O=[N+]([O-])c1c(Nc2cc(Cl)cc(Cl)c2)ncnc1N1CCCCC1. The fraction of sp³-hybridized carbons (Fsp3) is 0.333. The second-order valence-corrected chi connectivity index (χ2v) is 6.36. The third-order valence-electron chi connectivity index (χ3n) is 3.77. The van der Waals surface area contributed by atoms with Gasteiger partial charge in [0.2, 0.25) is 11.6 Å². The molecule has 0 saturated carbocycles. The van der Waals surface area contributed by atoms with Crippen LogP contribution in [0.2, 0.25) is 10.0 Å². The van der Waals surface area contributed by atoms with E-state index in [1.807, 2.05) is 4.90 Å². The highest BCUT2D eigenvalue weighted by Crippen LogP contribution is 2.35. The van der Waals surface area contributed by atoms with E-state index in [4.69, 9.17) is 23.2 Å². The monoisotopic (exact) mass is 367 g/mol. The van der Waals surface area contributed by atoms with Gasteiger partial charge in [0.05, 0.1) is 4.92 Å². The highest BCUT2D eigenvalue weighted by Gasteiger charge is 2.28. The summed E-state index contributed by atoms with van der Waals surface area (Å²) in [6.45, 7) is 1.50. The lowest BCUT2D eigenvalue weighted by Crippen LogP contribution is -2.31. The molecule has 0 spiro atoms. The van der Waals surface area contributed by atoms with Crippen LogP contribution in [0.3, 0.4) is 0 Å². The Hall–Kier alpha value is -2.12. The summed E-state index contributed by atoms with van der Waals surface area (Å²) in [5.74, 6) is 0.458. The van der Waals surface area contributed by atoms with Gasteiger partial charge < -0.3 is 10.2 Å². The lowest BCUT2D eigenvalue weighted by atomic mass is 10.1. The Labute approximate surface area is 148 Å². The van der Waals surface area contributed by atoms with Crippen molar-refractivity contribution in [3.8, 4) is 0 Å². The molecule has 0 aliphatic carbocycles. The van der Waals surface area contributed by atoms with Crippen molar-refractivity contribution in [1.29, 1.82) is 0 Å². The first kappa shape index (κ1) is 16.7. The Morgan fingerprint density at radius 1 is 1.08 bits per heavy atom. The first-order valence-corrected chi connectivity index (χ1v) is 8.27. The molecule has 24 heavy (non-hydrogen) atoms. The van der Waals surface area contributed by atoms with Crippen LogP contribution in [0.5, 0.6) is 0 Å². The molecule has 1 N–H and O–H groups in total. The van der Waals surface area contributed by atoms with Crippen molar-refractivity contribution >= 4 is 46.2 Å². The van der Waals surface area contributed by atoms with Crippen molar-refractivity contribution in [2.24, 2.45) is 0 Å². The van der Waals surface area contributed by atoms with Gasteiger partial charge in [-0.25, -0.2) is 9.97 Å². The largest absolute Gasteiger partial charge is 0.353 e. The molecule has 1 aromatic carbocycles. The number of anilines is 3. The number of piperidine rings is 1. The number of aromatic nitrogens is 2. The molecule has 0 bridgehead atoms. The number of rotatable bonds is 4. The maximum absolute atomic E-state index is 11.6. The predicted octanol–water partition coefficient (Wildman–Crippen LogP) is 4.43. The zero-order valence-electron chi connectivity index (χ0n) is 12.7. The molecule has 0 radical (unpaired) electrons. The van der Waals surface area contributed by atoms with E-state index in [-0.39, 0.29) is 11.5 Å². The van der Waals surface area contributed by atoms with E-state index < -0.39 is 4.92 Å². The zero-order valence-corrected chi connectivity index (χ0v) is 14.2. The second-order valence-electron chi connectivity index (χ2n) is 5.48. The van der Waals surface area contributed by atoms with Gasteiger partial charge in [-0.1, -0.05) is 23.2 Å². The standard InChI is InChI=1S/C15H15Cl2N5O2/c16-10-6-11(17)8-12(7-10)20-14-13(22(23)24)15(19-9-18-14)21-4-2-1-3-5-21/h6-9H,1-5H2,(H,18,19,20). The fourth-order valence-electron chi connectivity index (χ4n) is 2.73. The zero-order chi connectivity index (χ0) is 17.1. The van der Waals surface area contributed by atoms with Gasteiger partial charge in [0.1, 0.15) is 6.33 Å². The molecule has 1 saturated heterocycles. The Morgan fingerprint density at radius 3 is 2.38 bits per heavy atom. The first-order valence-electron chi connectivity index (χ1n) is 7.52. The average Bonchev–Trinajstić information content (AvgIpc) is 2.54. The smallest absolute Gasteiger partial charge is 0.351 e. The Balaban J connectivity index is 1.99. The molecule has 0 atom stereocenters. The van der Waals surface area contributed by atoms with Crippen LogP contribution in [-0.2, 0) is 0 Å². The summed E-state index contributed by atoms with van der Waals surface area (Å²) in [5, 5.41) is 15.4. The van der Waals surface area contributed by atoms with E-state index in [9.17, 15) is 10.1 Å². The number of nitro groups is 1. The van der Waals surface area contributed by atoms with Crippen molar-refractivity contribution in [2.75, 3.05) is 23.3 Å². The molecule has 1 aliphatic heterocycles. The quantitative estimate of drug-likeness (QED) is 0.635. The minimum atomic E-state index is -0.460. The van der Waals surface area contributed by atoms with Crippen molar-refractivity contribution in [3.05, 3.63) is 44.7 Å². The summed E-state index contributed by atoms with van der Waals surface area (Å²) in [6.07, 6.45) is 4.44. The van der Waals surface area contributed by atoms with E-state index in [1.165, 1.54) is 6.33 Å². The number of benzene rings is 1. The molecule has 7 nitrogen and oxygen atoms in total. The molecule has 3 rings (SSSR count). The van der Waals surface area contributed by atoms with E-state index in [0.717, 1.165) is 32.4 Å². The van der Waals surface area contributed by atoms with Crippen LogP contribution >= 0.6 is 23.2 Å². The van der Waals surface area contributed by atoms with Crippen LogP contribution in [0.25, 0.3) is 0 Å². The van der Waals surface area contributed by atoms with Gasteiger partial charge in [-0.15, -0.1) is 0 Å². The van der Waals surface area contributed by atoms with Crippen molar-refractivity contribution in [3.63, 3.8) is 0 Å². The molecule has 9 heteroatoms. The summed E-state index contributed by atoms with van der Waals surface area (Å²) < 4.78 is 0. The topological polar surface area (TPSA) is 84.2 Å². The molecule has 1 aliphatic rings. The van der Waals surface area contributed by atoms with Crippen molar-refractivity contribution < 1.29 is 4.92 Å². The van der Waals surface area contributed by atoms with Crippen LogP contribution in [0.4, 0.5) is 23.0 Å². The molecule has 1 aromatic heterocycles. The lowest BCUT2D eigenvalue weighted by Gasteiger charge is -2.27. The molecular formula is C15H15Cl2N5O2. The summed E-state index contributed by atoms with van der Waals surface area (Å²) in [4.78, 5) is 21.3. The third-order valence-corrected chi connectivity index (χ3v) is 4.20. The minimum absolute atomic E-state index is 0.119. The summed E-state index contributed by atoms with van der Waals surface area (Å²) >= 11 is 11.9. The van der Waals surface area contributed by atoms with E-state index in [2.05, 4.69) is 15.3 Å². The molecule has 1 fully saturated rings. The Bertz CT molecular complexity index is 745. The average molecular weight is 368 g/mol.